The Balaban J connectivity index is 2.33. The first-order chi connectivity index (χ1) is 14.7. The quantitative estimate of drug-likeness (QED) is 0.150. The zero-order valence-electron chi connectivity index (χ0n) is 16.3. The molecule has 0 radical (unpaired) electrons. The summed E-state index contributed by atoms with van der Waals surface area (Å²) >= 11 is 0.869. The molecule has 0 unspecified atom stereocenters. The lowest BCUT2D eigenvalue weighted by molar-refractivity contribution is -0.202. The molecule has 170 valence electrons. The van der Waals surface area contributed by atoms with Crippen molar-refractivity contribution < 1.29 is 39.9 Å². The van der Waals surface area contributed by atoms with Crippen LogP contribution in [0.15, 0.2) is 35.4 Å². The lowest BCUT2D eigenvalue weighted by atomic mass is 9.89. The van der Waals surface area contributed by atoms with Crippen molar-refractivity contribution >= 4 is 23.6 Å². The summed E-state index contributed by atoms with van der Waals surface area (Å²) in [4.78, 5) is 24.3. The maximum atomic E-state index is 12.1. The van der Waals surface area contributed by atoms with Gasteiger partial charge in [-0.05, 0) is 11.1 Å². The lowest BCUT2D eigenvalue weighted by Crippen LogP contribution is -2.66. The van der Waals surface area contributed by atoms with Crippen LogP contribution in [0.1, 0.15) is 12.0 Å². The van der Waals surface area contributed by atoms with E-state index in [1.54, 1.807) is 30.3 Å². The highest BCUT2D eigenvalue weighted by atomic mass is 32.2. The van der Waals surface area contributed by atoms with Crippen molar-refractivity contribution in [1.29, 1.82) is 0 Å². The van der Waals surface area contributed by atoms with E-state index in [1.165, 1.54) is 0 Å². The number of nitrogens with zero attached hydrogens (tertiary/aromatic N) is 3. The molecule has 12 nitrogen and oxygen atoms in total. The molecule has 0 saturated carbocycles. The molecule has 1 aliphatic rings. The van der Waals surface area contributed by atoms with Crippen LogP contribution in [0.3, 0.4) is 0 Å². The summed E-state index contributed by atoms with van der Waals surface area (Å²) in [6.07, 6.45) is -6.99. The van der Waals surface area contributed by atoms with Gasteiger partial charge < -0.3 is 35.6 Å². The zero-order chi connectivity index (χ0) is 23.0. The molecule has 0 bridgehead atoms. The Bertz CT molecular complexity index is 809. The minimum atomic E-state index is -2.00. The normalized spacial score (nSPS) is 27.5. The van der Waals surface area contributed by atoms with Crippen LogP contribution < -0.4 is 5.32 Å². The summed E-state index contributed by atoms with van der Waals surface area (Å²) in [7, 11) is 0. The van der Waals surface area contributed by atoms with Crippen molar-refractivity contribution in [1.82, 2.24) is 5.32 Å². The van der Waals surface area contributed by atoms with Gasteiger partial charge in [0.1, 0.15) is 18.8 Å². The van der Waals surface area contributed by atoms with Gasteiger partial charge in [0.15, 0.2) is 0 Å². The van der Waals surface area contributed by atoms with E-state index < -0.39 is 66.8 Å². The average molecular weight is 456 g/mol. The van der Waals surface area contributed by atoms with Crippen molar-refractivity contribution in [2.24, 2.45) is 5.11 Å². The second kappa shape index (κ2) is 11.3. The Kier molecular flexibility index (Phi) is 9.07. The highest BCUT2D eigenvalue weighted by Crippen LogP contribution is 2.41. The number of hydrogen-bond acceptors (Lipinski definition) is 9. The maximum Gasteiger partial charge on any atom is 0.346 e. The van der Waals surface area contributed by atoms with E-state index in [0.717, 1.165) is 17.3 Å². The molecule has 1 aliphatic heterocycles. The summed E-state index contributed by atoms with van der Waals surface area (Å²) in [5.74, 6) is -2.10. The van der Waals surface area contributed by atoms with E-state index >= 15 is 0 Å². The molecule has 1 aromatic carbocycles. The number of nitrogens with one attached hydrogen (secondary N) is 1. The smallest absolute Gasteiger partial charge is 0.346 e. The monoisotopic (exact) mass is 456 g/mol. The molecule has 1 amide bonds. The summed E-state index contributed by atoms with van der Waals surface area (Å²) in [5.41, 5.74) is 9.21. The van der Waals surface area contributed by atoms with Gasteiger partial charge in [-0.3, -0.25) is 4.79 Å². The third-order valence-corrected chi connectivity index (χ3v) is 6.13. The zero-order valence-corrected chi connectivity index (χ0v) is 17.1. The Morgan fingerprint density at radius 3 is 2.61 bits per heavy atom. The van der Waals surface area contributed by atoms with E-state index in [-0.39, 0.29) is 5.75 Å². The Hall–Kier alpha value is -2.38. The number of thioether (sulfide) groups is 1. The SMILES string of the molecule is [N-]=[N+]=NC[C@@H](O)[C@@H](O)[C@@H]1O[C@@](SCc2ccccc2)(C(=O)O)C[C@H](O)[C@H]1NC(=O)CO. The van der Waals surface area contributed by atoms with Gasteiger partial charge in [0.05, 0.1) is 24.8 Å². The number of aliphatic carboxylic acids is 1. The first-order valence-corrected chi connectivity index (χ1v) is 10.3. The van der Waals surface area contributed by atoms with Gasteiger partial charge in [0, 0.05) is 17.1 Å². The number of carbonyl (C=O) groups is 2. The van der Waals surface area contributed by atoms with Crippen LogP contribution in [0.25, 0.3) is 10.4 Å². The van der Waals surface area contributed by atoms with Gasteiger partial charge in [-0.1, -0.05) is 35.4 Å². The number of carboxylic acids is 1. The third-order valence-electron chi connectivity index (χ3n) is 4.75. The van der Waals surface area contributed by atoms with Gasteiger partial charge in [0.2, 0.25) is 10.8 Å². The first-order valence-electron chi connectivity index (χ1n) is 9.28. The van der Waals surface area contributed by atoms with Crippen LogP contribution in [0.4, 0.5) is 0 Å². The van der Waals surface area contributed by atoms with Crippen LogP contribution in [-0.4, -0.2) is 86.0 Å². The molecule has 6 atom stereocenters. The molecule has 0 aliphatic carbocycles. The molecule has 2 rings (SSSR count). The number of benzene rings is 1. The van der Waals surface area contributed by atoms with Crippen LogP contribution in [-0.2, 0) is 20.1 Å². The number of carboxylic acid groups (broad SMARTS) is 1. The number of aliphatic hydroxyl groups excluding tert-OH is 4. The Morgan fingerprint density at radius 1 is 1.35 bits per heavy atom. The number of ether oxygens (including phenoxy) is 1. The molecule has 0 aromatic heterocycles. The minimum Gasteiger partial charge on any atom is -0.478 e. The highest BCUT2D eigenvalue weighted by Gasteiger charge is 2.55. The Labute approximate surface area is 181 Å². The molecule has 0 spiro atoms. The molecule has 1 heterocycles. The predicted molar refractivity (Wildman–Crippen MR) is 109 cm³/mol. The van der Waals surface area contributed by atoms with Crippen LogP contribution in [0.2, 0.25) is 0 Å². The maximum absolute atomic E-state index is 12.1. The van der Waals surface area contributed by atoms with E-state index in [4.69, 9.17) is 15.4 Å². The number of rotatable bonds is 10. The molecule has 1 aromatic rings. The van der Waals surface area contributed by atoms with Crippen LogP contribution in [0.5, 0.6) is 0 Å². The standard InChI is InChI=1S/C18H24N4O8S/c19-22-20-7-12(25)15(27)16-14(21-13(26)8-23)11(24)6-18(30-16,17(28)29)31-9-10-4-2-1-3-5-10/h1-5,11-12,14-16,23-25,27H,6-9H2,(H,21,26)(H,28,29)/t11-,12+,14+,15+,16+,18-/m0/s1. The fraction of sp³-hybridized carbons (Fsp3) is 0.556. The minimum absolute atomic E-state index is 0.206. The number of hydrogen-bond donors (Lipinski definition) is 6. The largest absolute Gasteiger partial charge is 0.478 e. The summed E-state index contributed by atoms with van der Waals surface area (Å²) in [6, 6.07) is 7.58. The van der Waals surface area contributed by atoms with E-state index in [0.29, 0.717) is 0 Å². The van der Waals surface area contributed by atoms with Gasteiger partial charge in [-0.25, -0.2) is 4.79 Å². The van der Waals surface area contributed by atoms with Gasteiger partial charge in [0.25, 0.3) is 0 Å². The molecule has 1 fully saturated rings. The van der Waals surface area contributed by atoms with Gasteiger partial charge in [-0.15, -0.1) is 11.8 Å². The molecule has 13 heteroatoms. The summed E-state index contributed by atoms with van der Waals surface area (Å²) in [6.45, 7) is -1.47. The van der Waals surface area contributed by atoms with Gasteiger partial charge in [-0.2, -0.15) is 0 Å². The topological polar surface area (TPSA) is 205 Å². The van der Waals surface area contributed by atoms with Crippen LogP contribution >= 0.6 is 11.8 Å². The third kappa shape index (κ3) is 6.31. The second-order valence-electron chi connectivity index (χ2n) is 6.91. The van der Waals surface area contributed by atoms with Crippen molar-refractivity contribution in [3.05, 3.63) is 46.3 Å². The van der Waals surface area contributed by atoms with E-state index in [2.05, 4.69) is 15.3 Å². The van der Waals surface area contributed by atoms with E-state index in [1.807, 2.05) is 0 Å². The summed E-state index contributed by atoms with van der Waals surface area (Å²) in [5, 5.41) is 55.6. The summed E-state index contributed by atoms with van der Waals surface area (Å²) < 4.78 is 5.71. The molecular formula is C18H24N4O8S. The molecule has 1 saturated heterocycles. The van der Waals surface area contributed by atoms with Crippen molar-refractivity contribution in [3.8, 4) is 0 Å². The molecule has 6 N–H and O–H groups in total. The van der Waals surface area contributed by atoms with E-state index in [9.17, 15) is 30.0 Å². The second-order valence-corrected chi connectivity index (χ2v) is 8.15. The highest BCUT2D eigenvalue weighted by molar-refractivity contribution is 8.00. The first kappa shape index (κ1) is 24.9. The number of carbonyl (C=O) groups excluding carboxylic acids is 1. The molecule has 31 heavy (non-hydrogen) atoms. The van der Waals surface area contributed by atoms with Crippen molar-refractivity contribution in [3.63, 3.8) is 0 Å². The number of amides is 1. The fourth-order valence-electron chi connectivity index (χ4n) is 3.17. The van der Waals surface area contributed by atoms with Gasteiger partial charge >= 0.3 is 5.97 Å². The number of azide groups is 1. The molecular weight excluding hydrogens is 432 g/mol. The van der Waals surface area contributed by atoms with Crippen molar-refractivity contribution in [2.75, 3.05) is 13.2 Å². The van der Waals surface area contributed by atoms with Crippen LogP contribution in [0, 0.1) is 0 Å². The van der Waals surface area contributed by atoms with Crippen molar-refractivity contribution in [2.45, 2.75) is 47.6 Å². The average Bonchev–Trinajstić information content (AvgIpc) is 2.77. The fourth-order valence-corrected chi connectivity index (χ4v) is 4.35. The number of aliphatic hydroxyl groups is 4. The lowest BCUT2D eigenvalue weighted by Gasteiger charge is -2.46. The predicted octanol–water partition coefficient (Wildman–Crippen LogP) is -0.640. The Morgan fingerprint density at radius 2 is 2.03 bits per heavy atom.